The number of nitrogens with one attached hydrogen (secondary N) is 3. The second kappa shape index (κ2) is 9.56. The van der Waals surface area contributed by atoms with Crippen LogP contribution in [0.15, 0.2) is 21.9 Å². The molecule has 3 aliphatic rings. The molecule has 2 saturated heterocycles. The predicted octanol–water partition coefficient (Wildman–Crippen LogP) is -0.802. The number of carbonyl (C=O) groups excluding carboxylic acids is 3. The van der Waals surface area contributed by atoms with Crippen molar-refractivity contribution in [3.8, 4) is 0 Å². The number of nitrogens with zero attached hydrogens (tertiary/aromatic N) is 4. The highest BCUT2D eigenvalue weighted by Gasteiger charge is 2.64. The summed E-state index contributed by atoms with van der Waals surface area (Å²) in [7, 11) is 3.25. The van der Waals surface area contributed by atoms with E-state index in [4.69, 9.17) is 4.84 Å². The molecule has 3 amide bonds. The summed E-state index contributed by atoms with van der Waals surface area (Å²) in [5.74, 6) is -1.97. The van der Waals surface area contributed by atoms with Crippen LogP contribution in [0.2, 0.25) is 0 Å². The lowest BCUT2D eigenvalue weighted by molar-refractivity contribution is -0.874. The van der Waals surface area contributed by atoms with Gasteiger partial charge in [0, 0.05) is 18.5 Å². The molecule has 188 valence electrons. The molecule has 4 N–H and O–H groups in total. The van der Waals surface area contributed by atoms with Crippen LogP contribution in [0.3, 0.4) is 0 Å². The Bertz CT molecular complexity index is 1130. The van der Waals surface area contributed by atoms with Crippen molar-refractivity contribution in [2.75, 3.05) is 51.4 Å². The lowest BCUT2D eigenvalue weighted by Gasteiger charge is -2.56. The molecular weight excluding hydrogens is 498 g/mol. The average molecular weight is 525 g/mol. The van der Waals surface area contributed by atoms with E-state index in [1.54, 1.807) is 6.92 Å². The van der Waals surface area contributed by atoms with E-state index < -0.39 is 28.7 Å². The minimum atomic E-state index is -1.36. The minimum Gasteiger partial charge on any atom is -0.476 e. The number of amides is 3. The zero-order valence-electron chi connectivity index (χ0n) is 19.4. The van der Waals surface area contributed by atoms with Gasteiger partial charge in [0.1, 0.15) is 23.7 Å². The average Bonchev–Trinajstić information content (AvgIpc) is 3.29. The first-order valence-corrected chi connectivity index (χ1v) is 12.7. The molecule has 4 heterocycles. The van der Waals surface area contributed by atoms with Crippen LogP contribution in [0.5, 0.6) is 0 Å². The summed E-state index contributed by atoms with van der Waals surface area (Å²) in [5.41, 5.74) is -0.688. The van der Waals surface area contributed by atoms with E-state index in [0.717, 1.165) is 37.5 Å². The molecule has 0 bridgehead atoms. The van der Waals surface area contributed by atoms with Gasteiger partial charge >= 0.3 is 5.97 Å². The van der Waals surface area contributed by atoms with E-state index >= 15 is 0 Å². The van der Waals surface area contributed by atoms with Gasteiger partial charge in [0.05, 0.1) is 25.9 Å². The van der Waals surface area contributed by atoms with Crippen molar-refractivity contribution >= 4 is 58.1 Å². The van der Waals surface area contributed by atoms with Crippen molar-refractivity contribution in [1.82, 2.24) is 20.5 Å². The number of fused-ring (bicyclic) bond motifs is 1. The summed E-state index contributed by atoms with van der Waals surface area (Å²) in [6.07, 6.45) is 0.462. The van der Waals surface area contributed by atoms with Gasteiger partial charge in [-0.3, -0.25) is 23.8 Å². The number of carboxylic acids is 1. The number of quaternary nitrogens is 1. The van der Waals surface area contributed by atoms with Gasteiger partial charge in [-0.1, -0.05) is 5.16 Å². The van der Waals surface area contributed by atoms with Gasteiger partial charge in [-0.25, -0.2) is 9.78 Å². The Hall–Kier alpha value is -3.01. The third kappa shape index (κ3) is 4.28. The molecule has 0 aliphatic carbocycles. The number of carboxylic acid groups (broad SMARTS) is 1. The van der Waals surface area contributed by atoms with E-state index in [2.05, 4.69) is 26.1 Å². The van der Waals surface area contributed by atoms with Gasteiger partial charge in [0.2, 0.25) is 6.41 Å². The first kappa shape index (κ1) is 25.1. The van der Waals surface area contributed by atoms with Gasteiger partial charge < -0.3 is 25.9 Å². The molecule has 0 radical (unpaired) electrons. The SMILES string of the molecule is CON=C(C(=O)N[C@]1(C)C(=O)N2C(C(=O)O)=C([N+]3(C)CCNCC3)CS[C@H]21)c1csc(NC=O)n1. The number of oxime groups is 1. The Morgan fingerprint density at radius 1 is 1.43 bits per heavy atom. The summed E-state index contributed by atoms with van der Waals surface area (Å²) < 4.78 is 0.451. The van der Waals surface area contributed by atoms with Crippen LogP contribution >= 0.6 is 23.1 Å². The zero-order chi connectivity index (χ0) is 25.4. The van der Waals surface area contributed by atoms with Crippen LogP contribution in [-0.4, -0.2) is 106 Å². The molecule has 2 fully saturated rings. The number of aliphatic carboxylic acids is 1. The second-order valence-corrected chi connectivity index (χ2v) is 10.5. The van der Waals surface area contributed by atoms with Crippen molar-refractivity contribution in [3.05, 3.63) is 22.5 Å². The van der Waals surface area contributed by atoms with Crippen molar-refractivity contribution in [2.24, 2.45) is 5.16 Å². The number of thiazole rings is 1. The number of carbonyl (C=O) groups is 4. The Labute approximate surface area is 209 Å². The number of thioether (sulfide) groups is 1. The fourth-order valence-corrected chi connectivity index (χ4v) is 6.74. The van der Waals surface area contributed by atoms with Gasteiger partial charge in [-0.05, 0) is 6.92 Å². The van der Waals surface area contributed by atoms with Crippen molar-refractivity contribution in [2.45, 2.75) is 17.8 Å². The maximum Gasteiger partial charge on any atom is 0.358 e. The molecule has 4 rings (SSSR count). The summed E-state index contributed by atoms with van der Waals surface area (Å²) >= 11 is 2.51. The molecular formula is C20H26N7O6S2+. The van der Waals surface area contributed by atoms with Crippen LogP contribution in [0.25, 0.3) is 0 Å². The van der Waals surface area contributed by atoms with E-state index in [0.29, 0.717) is 22.3 Å². The fourth-order valence-electron chi connectivity index (χ4n) is 4.48. The van der Waals surface area contributed by atoms with E-state index in [9.17, 15) is 24.3 Å². The summed E-state index contributed by atoms with van der Waals surface area (Å²) in [5, 5.41) is 23.4. The fraction of sp³-hybridized carbons (Fsp3) is 0.500. The normalized spacial score (nSPS) is 25.9. The molecule has 15 heteroatoms. The molecule has 0 aromatic carbocycles. The Kier molecular flexibility index (Phi) is 6.86. The van der Waals surface area contributed by atoms with E-state index in [-0.39, 0.29) is 22.2 Å². The van der Waals surface area contributed by atoms with Crippen LogP contribution in [0, 0.1) is 0 Å². The van der Waals surface area contributed by atoms with Gasteiger partial charge in [0.25, 0.3) is 11.8 Å². The molecule has 1 aromatic heterocycles. The smallest absolute Gasteiger partial charge is 0.358 e. The maximum atomic E-state index is 13.4. The molecule has 0 saturated carbocycles. The molecule has 35 heavy (non-hydrogen) atoms. The number of rotatable bonds is 8. The first-order valence-electron chi connectivity index (χ1n) is 10.7. The van der Waals surface area contributed by atoms with Crippen molar-refractivity contribution in [1.29, 1.82) is 0 Å². The summed E-state index contributed by atoms with van der Waals surface area (Å²) in [6.45, 7) is 4.52. The number of aromatic nitrogens is 1. The van der Waals surface area contributed by atoms with E-state index in [1.165, 1.54) is 29.2 Å². The molecule has 1 aromatic rings. The minimum absolute atomic E-state index is 0.00950. The second-order valence-electron chi connectivity index (χ2n) is 8.61. The monoisotopic (exact) mass is 524 g/mol. The molecule has 2 atom stereocenters. The Balaban J connectivity index is 1.59. The largest absolute Gasteiger partial charge is 0.476 e. The highest BCUT2D eigenvalue weighted by atomic mass is 32.2. The standard InChI is InChI=1S/C20H25N7O6S2/c1-20(24-15(29)13(25-33-3)11-8-35-19(23-11)22-10-28)17(32)26-14(16(30)31)12(9-34-18(20)26)27(2)6-4-21-5-7-27/h8,10,18,21H,4-7,9H2,1-3H3,(H2-,22,23,24,28,29,30,31)/p+1/t18-,20+/m0/s1. The third-order valence-corrected chi connectivity index (χ3v) is 8.61. The molecule has 3 aliphatic heterocycles. The van der Waals surface area contributed by atoms with Crippen LogP contribution in [-0.2, 0) is 24.0 Å². The summed E-state index contributed by atoms with van der Waals surface area (Å²) in [6, 6.07) is 0. The number of hydrogen-bond donors (Lipinski definition) is 4. The number of piperazine rings is 1. The highest BCUT2D eigenvalue weighted by Crippen LogP contribution is 2.47. The number of likely N-dealkylation sites (N-methyl/N-ethyl adjacent to an activating group) is 1. The molecule has 0 unspecified atom stereocenters. The maximum absolute atomic E-state index is 13.4. The third-order valence-electron chi connectivity index (χ3n) is 6.40. The molecule has 13 nitrogen and oxygen atoms in total. The molecule has 0 spiro atoms. The van der Waals surface area contributed by atoms with Crippen LogP contribution in [0.4, 0.5) is 5.13 Å². The first-order chi connectivity index (χ1) is 16.7. The van der Waals surface area contributed by atoms with Gasteiger partial charge in [0.15, 0.2) is 22.2 Å². The summed E-state index contributed by atoms with van der Waals surface area (Å²) in [4.78, 5) is 59.7. The number of β-lactam (4-membered cyclic amide) rings is 1. The predicted molar refractivity (Wildman–Crippen MR) is 128 cm³/mol. The van der Waals surface area contributed by atoms with Crippen molar-refractivity contribution in [3.63, 3.8) is 0 Å². The topological polar surface area (TPSA) is 162 Å². The Morgan fingerprint density at radius 2 is 2.14 bits per heavy atom. The lowest BCUT2D eigenvalue weighted by Crippen LogP contribution is -2.79. The van der Waals surface area contributed by atoms with Crippen molar-refractivity contribution < 1.29 is 33.6 Å². The van der Waals surface area contributed by atoms with Gasteiger partial charge in [-0.2, -0.15) is 0 Å². The quantitative estimate of drug-likeness (QED) is 0.112. The van der Waals surface area contributed by atoms with Gasteiger partial charge in [-0.15, -0.1) is 23.1 Å². The van der Waals surface area contributed by atoms with E-state index in [1.807, 2.05) is 7.05 Å². The highest BCUT2D eigenvalue weighted by molar-refractivity contribution is 8.00. The lowest BCUT2D eigenvalue weighted by atomic mass is 9.88. The zero-order valence-corrected chi connectivity index (χ0v) is 21.0. The number of hydrogen-bond acceptors (Lipinski definition) is 10. The van der Waals surface area contributed by atoms with Crippen LogP contribution in [0.1, 0.15) is 12.6 Å². The Morgan fingerprint density at radius 3 is 2.77 bits per heavy atom. The number of anilines is 1. The van der Waals surface area contributed by atoms with Crippen LogP contribution < -0.4 is 16.0 Å².